The molecule has 3 fully saturated rings. The highest BCUT2D eigenvalue weighted by atomic mass is 16.2. The Morgan fingerprint density at radius 3 is 2.52 bits per heavy atom. The molecule has 114 valence electrons. The van der Waals surface area contributed by atoms with Gasteiger partial charge in [-0.3, -0.25) is 9.59 Å². The molecular weight excluding hydrogens is 266 g/mol. The number of hydrogen-bond acceptors (Lipinski definition) is 3. The number of carbonyl (C=O) groups excluding carboxylic acids is 2. The van der Waals surface area contributed by atoms with Crippen molar-refractivity contribution in [3.63, 3.8) is 0 Å². The summed E-state index contributed by atoms with van der Waals surface area (Å²) in [7, 11) is 0. The molecule has 0 aromatic heterocycles. The van der Waals surface area contributed by atoms with Crippen LogP contribution in [0.25, 0.3) is 0 Å². The summed E-state index contributed by atoms with van der Waals surface area (Å²) >= 11 is 0. The quantitative estimate of drug-likeness (QED) is 0.860. The average molecular weight is 289 g/mol. The van der Waals surface area contributed by atoms with E-state index in [0.717, 1.165) is 38.5 Å². The molecule has 1 saturated heterocycles. The molecule has 2 saturated carbocycles. The van der Waals surface area contributed by atoms with Crippen molar-refractivity contribution in [2.45, 2.75) is 69.4 Å². The highest BCUT2D eigenvalue weighted by Gasteiger charge is 2.42. The van der Waals surface area contributed by atoms with Crippen LogP contribution >= 0.6 is 0 Å². The summed E-state index contributed by atoms with van der Waals surface area (Å²) in [6, 6.07) is 2.62. The van der Waals surface area contributed by atoms with Crippen LogP contribution in [-0.4, -0.2) is 34.8 Å². The third-order valence-corrected chi connectivity index (χ3v) is 5.33. The second kappa shape index (κ2) is 5.67. The van der Waals surface area contributed by atoms with E-state index in [-0.39, 0.29) is 17.7 Å². The fraction of sp³-hybridized carbons (Fsp3) is 0.812. The second-order valence-corrected chi connectivity index (χ2v) is 6.78. The first-order chi connectivity index (χ1) is 10.1. The first-order valence-corrected chi connectivity index (χ1v) is 8.16. The predicted octanol–water partition coefficient (Wildman–Crippen LogP) is 1.73. The van der Waals surface area contributed by atoms with E-state index in [1.807, 2.05) is 4.90 Å². The maximum atomic E-state index is 12.4. The van der Waals surface area contributed by atoms with E-state index in [9.17, 15) is 14.9 Å². The van der Waals surface area contributed by atoms with Crippen LogP contribution in [0.5, 0.6) is 0 Å². The maximum absolute atomic E-state index is 12.4. The van der Waals surface area contributed by atoms with Crippen molar-refractivity contribution in [2.24, 2.45) is 5.92 Å². The van der Waals surface area contributed by atoms with Gasteiger partial charge in [-0.25, -0.2) is 0 Å². The Morgan fingerprint density at radius 1 is 1.24 bits per heavy atom. The third kappa shape index (κ3) is 2.76. The highest BCUT2D eigenvalue weighted by molar-refractivity contribution is 5.90. The summed E-state index contributed by atoms with van der Waals surface area (Å²) in [5.41, 5.74) is -0.680. The van der Waals surface area contributed by atoms with Gasteiger partial charge in [0, 0.05) is 19.0 Å². The van der Waals surface area contributed by atoms with Crippen LogP contribution in [0.4, 0.5) is 0 Å². The van der Waals surface area contributed by atoms with Gasteiger partial charge in [0.2, 0.25) is 11.8 Å². The maximum Gasteiger partial charge on any atom is 0.226 e. The Hall–Kier alpha value is -1.57. The number of nitriles is 1. The number of nitrogens with zero attached hydrogens (tertiary/aromatic N) is 2. The fourth-order valence-corrected chi connectivity index (χ4v) is 4.06. The molecule has 21 heavy (non-hydrogen) atoms. The van der Waals surface area contributed by atoms with Gasteiger partial charge in [-0.05, 0) is 38.5 Å². The van der Waals surface area contributed by atoms with E-state index in [1.165, 1.54) is 12.8 Å². The molecule has 0 bridgehead atoms. The highest BCUT2D eigenvalue weighted by Crippen LogP contribution is 2.32. The van der Waals surface area contributed by atoms with Crippen molar-refractivity contribution in [3.05, 3.63) is 0 Å². The first-order valence-electron chi connectivity index (χ1n) is 8.16. The molecule has 0 aromatic carbocycles. The van der Waals surface area contributed by atoms with Gasteiger partial charge >= 0.3 is 0 Å². The van der Waals surface area contributed by atoms with Crippen LogP contribution in [0.3, 0.4) is 0 Å². The number of amides is 2. The first kappa shape index (κ1) is 14.4. The molecule has 2 amide bonds. The van der Waals surface area contributed by atoms with Crippen LogP contribution in [0.15, 0.2) is 0 Å². The van der Waals surface area contributed by atoms with Gasteiger partial charge in [-0.2, -0.15) is 5.26 Å². The molecule has 1 atom stereocenters. The minimum atomic E-state index is -0.680. The normalized spacial score (nSPS) is 28.8. The summed E-state index contributed by atoms with van der Waals surface area (Å²) in [4.78, 5) is 26.5. The van der Waals surface area contributed by atoms with Gasteiger partial charge in [0.25, 0.3) is 0 Å². The van der Waals surface area contributed by atoms with Gasteiger partial charge in [-0.15, -0.1) is 0 Å². The second-order valence-electron chi connectivity index (χ2n) is 6.78. The zero-order valence-corrected chi connectivity index (χ0v) is 12.4. The fourth-order valence-electron chi connectivity index (χ4n) is 4.06. The van der Waals surface area contributed by atoms with Crippen molar-refractivity contribution in [3.8, 4) is 6.07 Å². The minimum Gasteiger partial charge on any atom is -0.339 e. The minimum absolute atomic E-state index is 0.104. The summed E-state index contributed by atoms with van der Waals surface area (Å²) < 4.78 is 0. The lowest BCUT2D eigenvalue weighted by molar-refractivity contribution is -0.130. The number of nitrogens with one attached hydrogen (secondary N) is 1. The summed E-state index contributed by atoms with van der Waals surface area (Å²) in [5, 5.41) is 12.3. The number of carbonyl (C=O) groups is 2. The van der Waals surface area contributed by atoms with Crippen molar-refractivity contribution in [2.75, 3.05) is 6.54 Å². The molecule has 1 aliphatic heterocycles. The van der Waals surface area contributed by atoms with Gasteiger partial charge in [-0.1, -0.05) is 12.8 Å². The molecule has 3 aliphatic rings. The Morgan fingerprint density at radius 2 is 1.90 bits per heavy atom. The average Bonchev–Trinajstić information content (AvgIpc) is 3.18. The largest absolute Gasteiger partial charge is 0.339 e. The van der Waals surface area contributed by atoms with Crippen molar-refractivity contribution in [1.82, 2.24) is 10.2 Å². The van der Waals surface area contributed by atoms with Gasteiger partial charge in [0.15, 0.2) is 0 Å². The van der Waals surface area contributed by atoms with E-state index in [2.05, 4.69) is 11.4 Å². The number of likely N-dealkylation sites (tertiary alicyclic amines) is 1. The van der Waals surface area contributed by atoms with Crippen LogP contribution in [0, 0.1) is 17.2 Å². The lowest BCUT2D eigenvalue weighted by atomic mass is 9.97. The number of hydrogen-bond donors (Lipinski definition) is 1. The van der Waals surface area contributed by atoms with Crippen molar-refractivity contribution >= 4 is 11.8 Å². The molecule has 0 radical (unpaired) electrons. The predicted molar refractivity (Wildman–Crippen MR) is 77.0 cm³/mol. The van der Waals surface area contributed by atoms with Crippen molar-refractivity contribution in [1.29, 1.82) is 5.26 Å². The van der Waals surface area contributed by atoms with E-state index in [4.69, 9.17) is 0 Å². The summed E-state index contributed by atoms with van der Waals surface area (Å²) in [5.74, 6) is -0.268. The molecule has 1 unspecified atom stereocenters. The smallest absolute Gasteiger partial charge is 0.226 e. The molecule has 5 heteroatoms. The molecule has 0 spiro atoms. The van der Waals surface area contributed by atoms with E-state index >= 15 is 0 Å². The van der Waals surface area contributed by atoms with Gasteiger partial charge in [0.05, 0.1) is 12.0 Å². The van der Waals surface area contributed by atoms with E-state index in [0.29, 0.717) is 19.0 Å². The molecule has 1 heterocycles. The van der Waals surface area contributed by atoms with E-state index < -0.39 is 5.54 Å². The zero-order valence-electron chi connectivity index (χ0n) is 12.4. The Labute approximate surface area is 125 Å². The van der Waals surface area contributed by atoms with Crippen LogP contribution in [-0.2, 0) is 9.59 Å². The Bertz CT molecular complexity index is 470. The van der Waals surface area contributed by atoms with Crippen LogP contribution in [0.1, 0.15) is 57.8 Å². The van der Waals surface area contributed by atoms with Crippen LogP contribution in [0.2, 0.25) is 0 Å². The topological polar surface area (TPSA) is 73.2 Å². The molecule has 0 aromatic rings. The van der Waals surface area contributed by atoms with Gasteiger partial charge in [0.1, 0.15) is 5.54 Å². The lowest BCUT2D eigenvalue weighted by Crippen LogP contribution is -2.48. The molecular formula is C16H23N3O2. The third-order valence-electron chi connectivity index (χ3n) is 5.33. The molecule has 1 N–H and O–H groups in total. The van der Waals surface area contributed by atoms with Gasteiger partial charge < -0.3 is 10.2 Å². The number of rotatable bonds is 3. The van der Waals surface area contributed by atoms with E-state index in [1.54, 1.807) is 0 Å². The molecule has 2 aliphatic carbocycles. The zero-order chi connectivity index (χ0) is 14.9. The van der Waals surface area contributed by atoms with Crippen LogP contribution < -0.4 is 5.32 Å². The monoisotopic (exact) mass is 289 g/mol. The summed E-state index contributed by atoms with van der Waals surface area (Å²) in [6.07, 6.45) is 8.28. The standard InChI is InChI=1S/C16H23N3O2/c17-11-16(7-3-4-8-16)18-15(21)12-9-14(20)19(10-12)13-5-1-2-6-13/h12-13H,1-10H2,(H,18,21). The SMILES string of the molecule is N#CC1(NC(=O)C2CC(=O)N(C3CCCC3)C2)CCCC1. The molecule has 5 nitrogen and oxygen atoms in total. The molecule has 3 rings (SSSR count). The Kier molecular flexibility index (Phi) is 3.88. The van der Waals surface area contributed by atoms with Crippen molar-refractivity contribution < 1.29 is 9.59 Å². The summed E-state index contributed by atoms with van der Waals surface area (Å²) in [6.45, 7) is 0.539. The Balaban J connectivity index is 1.61. The lowest BCUT2D eigenvalue weighted by Gasteiger charge is -2.26.